The van der Waals surface area contributed by atoms with E-state index in [2.05, 4.69) is 15.5 Å². The number of hydrogen-bond acceptors (Lipinski definition) is 7. The summed E-state index contributed by atoms with van der Waals surface area (Å²) >= 11 is 0. The van der Waals surface area contributed by atoms with Crippen LogP contribution in [0.4, 0.5) is 0 Å². The van der Waals surface area contributed by atoms with Crippen LogP contribution in [0.5, 0.6) is 11.5 Å². The van der Waals surface area contributed by atoms with E-state index in [0.29, 0.717) is 17.9 Å². The molecule has 0 atom stereocenters. The summed E-state index contributed by atoms with van der Waals surface area (Å²) < 4.78 is 8.84. The van der Waals surface area contributed by atoms with Crippen molar-refractivity contribution < 1.29 is 14.6 Å². The average molecular weight is 400 g/mol. The number of phenolic OH excluding ortho intramolecular Hbond substituents is 1. The number of carbonyl (C=O) groups excluding carboxylic acids is 1. The number of ether oxygens (including phenoxy) is 1. The minimum Gasteiger partial charge on any atom is -0.504 e. The van der Waals surface area contributed by atoms with Gasteiger partial charge in [0.05, 0.1) is 19.1 Å². The summed E-state index contributed by atoms with van der Waals surface area (Å²) in [7, 11) is 2.86. The minimum atomic E-state index is -0.538. The molecule has 29 heavy (non-hydrogen) atoms. The third-order valence-corrected chi connectivity index (χ3v) is 4.22. The van der Waals surface area contributed by atoms with E-state index in [9.17, 15) is 19.5 Å². The van der Waals surface area contributed by atoms with Crippen molar-refractivity contribution in [1.29, 1.82) is 0 Å². The van der Waals surface area contributed by atoms with Gasteiger partial charge in [-0.2, -0.15) is 5.10 Å². The Labute approximate surface area is 164 Å². The summed E-state index contributed by atoms with van der Waals surface area (Å²) in [5.41, 5.74) is 2.28. The first-order valence-electron chi connectivity index (χ1n) is 8.72. The van der Waals surface area contributed by atoms with E-state index in [0.717, 1.165) is 4.57 Å². The lowest BCUT2D eigenvalue weighted by Gasteiger charge is -2.06. The number of amides is 1. The molecule has 3 aromatic rings. The van der Waals surface area contributed by atoms with Crippen LogP contribution in [0, 0.1) is 0 Å². The lowest BCUT2D eigenvalue weighted by atomic mass is 10.2. The summed E-state index contributed by atoms with van der Waals surface area (Å²) in [6.45, 7) is 1.99. The minimum absolute atomic E-state index is 0.0102. The van der Waals surface area contributed by atoms with Crippen LogP contribution in [0.15, 0.2) is 39.2 Å². The number of aromatic nitrogens is 4. The van der Waals surface area contributed by atoms with Crippen LogP contribution in [-0.2, 0) is 25.4 Å². The SMILES string of the molecule is CCOc1cc(/C=N/NC(=O)Cn2cnc3c2c(=O)n(C)c(=O)n3C)ccc1O. The van der Waals surface area contributed by atoms with Crippen LogP contribution in [0.25, 0.3) is 11.2 Å². The maximum atomic E-state index is 12.4. The molecule has 0 radical (unpaired) electrons. The highest BCUT2D eigenvalue weighted by Crippen LogP contribution is 2.26. The molecule has 0 fully saturated rings. The van der Waals surface area contributed by atoms with Crippen molar-refractivity contribution in [2.45, 2.75) is 13.5 Å². The molecule has 2 heterocycles. The van der Waals surface area contributed by atoms with Gasteiger partial charge >= 0.3 is 5.69 Å². The highest BCUT2D eigenvalue weighted by Gasteiger charge is 2.15. The lowest BCUT2D eigenvalue weighted by molar-refractivity contribution is -0.121. The van der Waals surface area contributed by atoms with E-state index in [-0.39, 0.29) is 23.5 Å². The molecule has 2 N–H and O–H groups in total. The maximum absolute atomic E-state index is 12.4. The van der Waals surface area contributed by atoms with Gasteiger partial charge in [0.25, 0.3) is 11.5 Å². The van der Waals surface area contributed by atoms with Crippen LogP contribution < -0.4 is 21.4 Å². The standard InChI is InChI=1S/C18H20N6O5/c1-4-29-13-7-11(5-6-12(13)25)8-20-21-14(26)9-24-10-19-16-15(24)17(27)23(3)18(28)22(16)2/h5-8,10,25H,4,9H2,1-3H3,(H,21,26)/b20-8+. The Hall–Kier alpha value is -3.89. The van der Waals surface area contributed by atoms with E-state index in [4.69, 9.17) is 4.74 Å². The number of aromatic hydroxyl groups is 1. The fourth-order valence-electron chi connectivity index (χ4n) is 2.77. The van der Waals surface area contributed by atoms with Gasteiger partial charge in [-0.25, -0.2) is 15.2 Å². The monoisotopic (exact) mass is 400 g/mol. The van der Waals surface area contributed by atoms with Gasteiger partial charge < -0.3 is 14.4 Å². The van der Waals surface area contributed by atoms with E-state index >= 15 is 0 Å². The van der Waals surface area contributed by atoms with Crippen LogP contribution >= 0.6 is 0 Å². The molecule has 0 aliphatic heterocycles. The lowest BCUT2D eigenvalue weighted by Crippen LogP contribution is -2.38. The molecular weight excluding hydrogens is 380 g/mol. The zero-order chi connectivity index (χ0) is 21.1. The molecule has 0 unspecified atom stereocenters. The average Bonchev–Trinajstić information content (AvgIpc) is 3.11. The number of imidazole rings is 1. The number of aryl methyl sites for hydroxylation is 1. The molecule has 152 valence electrons. The topological polar surface area (TPSA) is 133 Å². The molecule has 2 aromatic heterocycles. The van der Waals surface area contributed by atoms with Crippen molar-refractivity contribution in [3.63, 3.8) is 0 Å². The van der Waals surface area contributed by atoms with Crippen molar-refractivity contribution in [3.05, 3.63) is 50.9 Å². The zero-order valence-electron chi connectivity index (χ0n) is 16.1. The molecule has 11 heteroatoms. The largest absolute Gasteiger partial charge is 0.504 e. The highest BCUT2D eigenvalue weighted by atomic mass is 16.5. The smallest absolute Gasteiger partial charge is 0.332 e. The second-order valence-electron chi connectivity index (χ2n) is 6.20. The molecule has 1 aromatic carbocycles. The van der Waals surface area contributed by atoms with Gasteiger partial charge in [0.2, 0.25) is 0 Å². The molecule has 0 aliphatic rings. The van der Waals surface area contributed by atoms with Crippen LogP contribution in [0.1, 0.15) is 12.5 Å². The third kappa shape index (κ3) is 3.88. The molecule has 0 bridgehead atoms. The molecule has 0 aliphatic carbocycles. The molecule has 3 rings (SSSR count). The number of rotatable bonds is 6. The molecule has 1 amide bonds. The van der Waals surface area contributed by atoms with Gasteiger partial charge in [0.1, 0.15) is 6.54 Å². The summed E-state index contributed by atoms with van der Waals surface area (Å²) in [6.07, 6.45) is 2.72. The predicted octanol–water partition coefficient (Wildman–Crippen LogP) is -0.312. The number of benzene rings is 1. The van der Waals surface area contributed by atoms with Crippen LogP contribution in [0.3, 0.4) is 0 Å². The first kappa shape index (κ1) is 19.9. The number of fused-ring (bicyclic) bond motifs is 1. The van der Waals surface area contributed by atoms with Gasteiger partial charge in [-0.15, -0.1) is 0 Å². The van der Waals surface area contributed by atoms with Gasteiger partial charge in [0.15, 0.2) is 22.7 Å². The normalized spacial score (nSPS) is 11.3. The number of nitrogens with zero attached hydrogens (tertiary/aromatic N) is 5. The fourth-order valence-corrected chi connectivity index (χ4v) is 2.77. The Kier molecular flexibility index (Phi) is 5.48. The molecule has 11 nitrogen and oxygen atoms in total. The molecule has 0 saturated carbocycles. The second-order valence-corrected chi connectivity index (χ2v) is 6.20. The molecular formula is C18H20N6O5. The summed E-state index contributed by atoms with van der Waals surface area (Å²) in [5.74, 6) is -0.162. The zero-order valence-corrected chi connectivity index (χ0v) is 16.1. The number of hydrogen-bond donors (Lipinski definition) is 2. The number of nitrogens with one attached hydrogen (secondary N) is 1. The van der Waals surface area contributed by atoms with Crippen molar-refractivity contribution in [3.8, 4) is 11.5 Å². The van der Waals surface area contributed by atoms with Crippen molar-refractivity contribution in [2.24, 2.45) is 19.2 Å². The highest BCUT2D eigenvalue weighted by molar-refractivity contribution is 5.83. The third-order valence-electron chi connectivity index (χ3n) is 4.22. The number of carbonyl (C=O) groups is 1. The van der Waals surface area contributed by atoms with Gasteiger partial charge in [-0.05, 0) is 30.7 Å². The molecule has 0 spiro atoms. The van der Waals surface area contributed by atoms with Gasteiger partial charge in [-0.1, -0.05) is 0 Å². The first-order valence-corrected chi connectivity index (χ1v) is 8.72. The van der Waals surface area contributed by atoms with Crippen molar-refractivity contribution in [1.82, 2.24) is 24.1 Å². The summed E-state index contributed by atoms with van der Waals surface area (Å²) in [6, 6.07) is 4.66. The first-order chi connectivity index (χ1) is 13.8. The van der Waals surface area contributed by atoms with Gasteiger partial charge in [-0.3, -0.25) is 18.7 Å². The van der Waals surface area contributed by atoms with Crippen molar-refractivity contribution >= 4 is 23.3 Å². The van der Waals surface area contributed by atoms with E-state index in [1.54, 1.807) is 19.1 Å². The Bertz CT molecular complexity index is 1220. The predicted molar refractivity (Wildman–Crippen MR) is 105 cm³/mol. The number of hydrazone groups is 1. The second kappa shape index (κ2) is 8.00. The maximum Gasteiger partial charge on any atom is 0.332 e. The Morgan fingerprint density at radius 1 is 1.31 bits per heavy atom. The Balaban J connectivity index is 1.75. The summed E-state index contributed by atoms with van der Waals surface area (Å²) in [4.78, 5) is 40.6. The van der Waals surface area contributed by atoms with E-state index < -0.39 is 17.2 Å². The Morgan fingerprint density at radius 2 is 2.07 bits per heavy atom. The van der Waals surface area contributed by atoms with Crippen LogP contribution in [0.2, 0.25) is 0 Å². The summed E-state index contributed by atoms with van der Waals surface area (Å²) in [5, 5.41) is 13.6. The molecule has 0 saturated heterocycles. The van der Waals surface area contributed by atoms with E-state index in [1.807, 2.05) is 0 Å². The van der Waals surface area contributed by atoms with E-state index in [1.165, 1.54) is 41.8 Å². The van der Waals surface area contributed by atoms with Crippen LogP contribution in [-0.4, -0.2) is 42.5 Å². The van der Waals surface area contributed by atoms with Gasteiger partial charge in [0, 0.05) is 14.1 Å². The fraction of sp³-hybridized carbons (Fsp3) is 0.278. The van der Waals surface area contributed by atoms with Crippen molar-refractivity contribution in [2.75, 3.05) is 6.61 Å². The Morgan fingerprint density at radius 3 is 2.79 bits per heavy atom. The number of phenols is 1. The quantitative estimate of drug-likeness (QED) is 0.431.